The van der Waals surface area contributed by atoms with E-state index in [1.54, 1.807) is 35.6 Å². The maximum Gasteiger partial charge on any atom is 0.311 e. The number of aromatic nitrogens is 1. The SMILES string of the molecule is N#Cc1cccc(NC(=O)COC(=O)Cc2sc(-c3ccccc3)nc2-c2cccs2)c1. The predicted molar refractivity (Wildman–Crippen MR) is 125 cm³/mol. The van der Waals surface area contributed by atoms with Crippen LogP contribution in [-0.4, -0.2) is 23.5 Å². The standard InChI is InChI=1S/C24H17N3O3S2/c25-14-16-6-4-9-18(12-16)26-21(28)15-30-22(29)13-20-23(19-10-5-11-31-19)27-24(32-20)17-7-2-1-3-8-17/h1-12H,13,15H2,(H,26,28). The Kier molecular flexibility index (Phi) is 6.70. The van der Waals surface area contributed by atoms with Crippen LogP contribution in [0.3, 0.4) is 0 Å². The second-order valence-electron chi connectivity index (χ2n) is 6.71. The van der Waals surface area contributed by atoms with Crippen molar-refractivity contribution in [3.63, 3.8) is 0 Å². The number of amides is 1. The lowest BCUT2D eigenvalue weighted by molar-refractivity contribution is -0.146. The van der Waals surface area contributed by atoms with Crippen molar-refractivity contribution in [3.05, 3.63) is 82.6 Å². The minimum Gasteiger partial charge on any atom is -0.455 e. The van der Waals surface area contributed by atoms with Crippen LogP contribution in [0.15, 0.2) is 72.1 Å². The third kappa shape index (κ3) is 5.27. The van der Waals surface area contributed by atoms with Crippen LogP contribution in [0.2, 0.25) is 0 Å². The molecule has 4 aromatic rings. The molecule has 0 aliphatic carbocycles. The summed E-state index contributed by atoms with van der Waals surface area (Å²) in [6, 6.07) is 22.2. The summed E-state index contributed by atoms with van der Waals surface area (Å²) >= 11 is 3.00. The van der Waals surface area contributed by atoms with Gasteiger partial charge in [-0.05, 0) is 29.6 Å². The van der Waals surface area contributed by atoms with Crippen molar-refractivity contribution < 1.29 is 14.3 Å². The van der Waals surface area contributed by atoms with Crippen LogP contribution in [0.25, 0.3) is 21.1 Å². The fourth-order valence-corrected chi connectivity index (χ4v) is 4.85. The Labute approximate surface area is 192 Å². The number of thiazole rings is 1. The number of anilines is 1. The predicted octanol–water partition coefficient (Wildman–Crippen LogP) is 5.13. The van der Waals surface area contributed by atoms with Gasteiger partial charge in [0.05, 0.1) is 28.6 Å². The number of hydrogen-bond donors (Lipinski definition) is 1. The maximum absolute atomic E-state index is 12.5. The molecule has 0 aliphatic rings. The molecule has 0 saturated carbocycles. The molecule has 0 fully saturated rings. The molecule has 0 saturated heterocycles. The lowest BCUT2D eigenvalue weighted by Gasteiger charge is -2.07. The minimum absolute atomic E-state index is 0.0227. The Balaban J connectivity index is 1.43. The molecule has 0 bridgehead atoms. The van der Waals surface area contributed by atoms with E-state index in [9.17, 15) is 9.59 Å². The van der Waals surface area contributed by atoms with E-state index in [4.69, 9.17) is 15.0 Å². The van der Waals surface area contributed by atoms with Crippen molar-refractivity contribution in [3.8, 4) is 27.2 Å². The molecule has 0 radical (unpaired) electrons. The first kappa shape index (κ1) is 21.4. The Bertz CT molecular complexity index is 1280. The zero-order valence-electron chi connectivity index (χ0n) is 16.8. The Morgan fingerprint density at radius 1 is 1.06 bits per heavy atom. The lowest BCUT2D eigenvalue weighted by atomic mass is 10.2. The first-order chi connectivity index (χ1) is 15.6. The summed E-state index contributed by atoms with van der Waals surface area (Å²) in [5, 5.41) is 14.4. The highest BCUT2D eigenvalue weighted by molar-refractivity contribution is 7.17. The zero-order valence-corrected chi connectivity index (χ0v) is 18.4. The highest BCUT2D eigenvalue weighted by Crippen LogP contribution is 2.36. The molecule has 0 aliphatic heterocycles. The third-order valence-electron chi connectivity index (χ3n) is 4.42. The molecular weight excluding hydrogens is 442 g/mol. The van der Waals surface area contributed by atoms with Crippen molar-refractivity contribution in [2.75, 3.05) is 11.9 Å². The van der Waals surface area contributed by atoms with E-state index in [-0.39, 0.29) is 6.42 Å². The number of nitrogens with zero attached hydrogens (tertiary/aromatic N) is 2. The van der Waals surface area contributed by atoms with Crippen LogP contribution in [-0.2, 0) is 20.7 Å². The highest BCUT2D eigenvalue weighted by atomic mass is 32.1. The van der Waals surface area contributed by atoms with Gasteiger partial charge in [-0.15, -0.1) is 22.7 Å². The van der Waals surface area contributed by atoms with E-state index >= 15 is 0 Å². The zero-order chi connectivity index (χ0) is 22.3. The Hall–Kier alpha value is -3.80. The number of esters is 1. The van der Waals surface area contributed by atoms with E-state index in [0.29, 0.717) is 11.3 Å². The van der Waals surface area contributed by atoms with Gasteiger partial charge in [-0.2, -0.15) is 5.26 Å². The summed E-state index contributed by atoms with van der Waals surface area (Å²) in [6.45, 7) is -0.408. The van der Waals surface area contributed by atoms with Crippen molar-refractivity contribution in [1.29, 1.82) is 5.26 Å². The number of carbonyl (C=O) groups is 2. The lowest BCUT2D eigenvalue weighted by Crippen LogP contribution is -2.21. The van der Waals surface area contributed by atoms with Gasteiger partial charge in [0, 0.05) is 16.1 Å². The highest BCUT2D eigenvalue weighted by Gasteiger charge is 2.19. The molecule has 2 aromatic heterocycles. The van der Waals surface area contributed by atoms with Crippen molar-refractivity contribution in [2.45, 2.75) is 6.42 Å². The van der Waals surface area contributed by atoms with E-state index in [1.807, 2.05) is 53.9 Å². The summed E-state index contributed by atoms with van der Waals surface area (Å²) < 4.78 is 5.19. The van der Waals surface area contributed by atoms with Crippen LogP contribution in [0, 0.1) is 11.3 Å². The van der Waals surface area contributed by atoms with E-state index in [1.165, 1.54) is 11.3 Å². The molecular formula is C24H17N3O3S2. The summed E-state index contributed by atoms with van der Waals surface area (Å²) in [7, 11) is 0. The molecule has 6 nitrogen and oxygen atoms in total. The summed E-state index contributed by atoms with van der Waals surface area (Å²) in [6.07, 6.45) is 0.0227. The molecule has 158 valence electrons. The molecule has 0 atom stereocenters. The van der Waals surface area contributed by atoms with Gasteiger partial charge >= 0.3 is 5.97 Å². The van der Waals surface area contributed by atoms with Crippen LogP contribution in [0.5, 0.6) is 0 Å². The van der Waals surface area contributed by atoms with Gasteiger partial charge in [0.1, 0.15) is 5.01 Å². The molecule has 1 N–H and O–H groups in total. The summed E-state index contributed by atoms with van der Waals surface area (Å²) in [4.78, 5) is 31.1. The fourth-order valence-electron chi connectivity index (χ4n) is 2.97. The topological polar surface area (TPSA) is 92.1 Å². The number of nitrogens with one attached hydrogen (secondary N) is 1. The van der Waals surface area contributed by atoms with E-state index in [2.05, 4.69) is 5.32 Å². The van der Waals surface area contributed by atoms with Crippen LogP contribution < -0.4 is 5.32 Å². The second-order valence-corrected chi connectivity index (χ2v) is 8.74. The van der Waals surface area contributed by atoms with Gasteiger partial charge < -0.3 is 10.1 Å². The quantitative estimate of drug-likeness (QED) is 0.387. The van der Waals surface area contributed by atoms with Crippen LogP contribution in [0.1, 0.15) is 10.4 Å². The number of carbonyl (C=O) groups excluding carboxylic acids is 2. The molecule has 8 heteroatoms. The van der Waals surface area contributed by atoms with Gasteiger partial charge in [0.15, 0.2) is 6.61 Å². The Morgan fingerprint density at radius 3 is 2.66 bits per heavy atom. The minimum atomic E-state index is -0.507. The van der Waals surface area contributed by atoms with Crippen LogP contribution >= 0.6 is 22.7 Å². The van der Waals surface area contributed by atoms with Crippen molar-refractivity contribution >= 4 is 40.2 Å². The molecule has 32 heavy (non-hydrogen) atoms. The van der Waals surface area contributed by atoms with Gasteiger partial charge in [-0.25, -0.2) is 4.98 Å². The van der Waals surface area contributed by atoms with Crippen molar-refractivity contribution in [1.82, 2.24) is 4.98 Å². The average Bonchev–Trinajstić information content (AvgIpc) is 3.48. The average molecular weight is 460 g/mol. The van der Waals surface area contributed by atoms with E-state index in [0.717, 1.165) is 26.0 Å². The normalized spacial score (nSPS) is 10.3. The first-order valence-electron chi connectivity index (χ1n) is 9.67. The monoisotopic (exact) mass is 459 g/mol. The summed E-state index contributed by atoms with van der Waals surface area (Å²) in [5.41, 5.74) is 2.65. The number of benzene rings is 2. The maximum atomic E-state index is 12.5. The van der Waals surface area contributed by atoms with Gasteiger partial charge in [-0.1, -0.05) is 42.5 Å². The number of rotatable bonds is 7. The summed E-state index contributed by atoms with van der Waals surface area (Å²) in [5.74, 6) is -0.979. The molecule has 4 rings (SSSR count). The van der Waals surface area contributed by atoms with Gasteiger partial charge in [0.2, 0.25) is 0 Å². The Morgan fingerprint density at radius 2 is 1.91 bits per heavy atom. The molecule has 1 amide bonds. The van der Waals surface area contributed by atoms with Gasteiger partial charge in [-0.3, -0.25) is 9.59 Å². The largest absolute Gasteiger partial charge is 0.455 e. The number of nitriles is 1. The first-order valence-corrected chi connectivity index (χ1v) is 11.4. The molecule has 2 aromatic carbocycles. The van der Waals surface area contributed by atoms with Crippen LogP contribution in [0.4, 0.5) is 5.69 Å². The number of hydrogen-bond acceptors (Lipinski definition) is 7. The molecule has 2 heterocycles. The molecule has 0 unspecified atom stereocenters. The molecule has 0 spiro atoms. The second kappa shape index (κ2) is 10.0. The third-order valence-corrected chi connectivity index (χ3v) is 6.40. The van der Waals surface area contributed by atoms with Gasteiger partial charge in [0.25, 0.3) is 5.91 Å². The van der Waals surface area contributed by atoms with E-state index < -0.39 is 18.5 Å². The number of ether oxygens (including phenoxy) is 1. The van der Waals surface area contributed by atoms with Crippen molar-refractivity contribution in [2.24, 2.45) is 0 Å². The number of thiophene rings is 1. The smallest absolute Gasteiger partial charge is 0.311 e. The fraction of sp³-hybridized carbons (Fsp3) is 0.0833.